The molecule has 2 N–H and O–H groups in total. The van der Waals surface area contributed by atoms with Gasteiger partial charge in [-0.1, -0.05) is 0 Å². The van der Waals surface area contributed by atoms with Crippen molar-refractivity contribution in [1.29, 1.82) is 0 Å². The maximum atomic E-state index is 11.9. The van der Waals surface area contributed by atoms with Crippen LogP contribution in [0.3, 0.4) is 0 Å². The third-order valence-electron chi connectivity index (χ3n) is 2.33. The first kappa shape index (κ1) is 10.1. The molecule has 3 nitrogen and oxygen atoms in total. The Labute approximate surface area is 95.0 Å². The number of nitrogens with zero attached hydrogens (tertiary/aromatic N) is 1. The maximum Gasteiger partial charge on any atom is 0.254 e. The van der Waals surface area contributed by atoms with E-state index in [9.17, 15) is 4.79 Å². The molecule has 1 aromatic heterocycles. The minimum atomic E-state index is 0.0971. The van der Waals surface area contributed by atoms with Crippen LogP contribution < -0.4 is 5.73 Å². The fraction of sp³-hybridized carbons (Fsp3) is 0.444. The monoisotopic (exact) mass is 274 g/mol. The zero-order valence-electron chi connectivity index (χ0n) is 7.57. The van der Waals surface area contributed by atoms with E-state index in [1.54, 1.807) is 0 Å². The highest BCUT2D eigenvalue weighted by atomic mass is 79.9. The van der Waals surface area contributed by atoms with Crippen molar-refractivity contribution in [3.8, 4) is 0 Å². The van der Waals surface area contributed by atoms with E-state index >= 15 is 0 Å². The number of hydrogen-bond acceptors (Lipinski definition) is 3. The molecular formula is C9H11BrN2OS. The first-order chi connectivity index (χ1) is 6.66. The second kappa shape index (κ2) is 4.00. The Kier molecular flexibility index (Phi) is 2.90. The molecular weight excluding hydrogens is 264 g/mol. The fourth-order valence-electron chi connectivity index (χ4n) is 1.58. The Morgan fingerprint density at radius 2 is 2.50 bits per heavy atom. The number of nitrogens with two attached hydrogens (primary N) is 1. The molecule has 76 valence electrons. The number of carbonyl (C=O) groups is 1. The number of halogens is 1. The number of thiophene rings is 1. The van der Waals surface area contributed by atoms with Gasteiger partial charge in [-0.2, -0.15) is 0 Å². The topological polar surface area (TPSA) is 46.3 Å². The minimum absolute atomic E-state index is 0.0971. The highest BCUT2D eigenvalue weighted by molar-refractivity contribution is 9.11. The van der Waals surface area contributed by atoms with Crippen molar-refractivity contribution in [3.05, 3.63) is 20.8 Å². The highest BCUT2D eigenvalue weighted by Crippen LogP contribution is 2.22. The van der Waals surface area contributed by atoms with E-state index in [-0.39, 0.29) is 11.9 Å². The van der Waals surface area contributed by atoms with Gasteiger partial charge in [0.2, 0.25) is 0 Å². The molecule has 1 aliphatic rings. The molecule has 2 rings (SSSR count). The van der Waals surface area contributed by atoms with Gasteiger partial charge in [-0.3, -0.25) is 4.79 Å². The fourth-order valence-corrected chi connectivity index (χ4v) is 2.71. The molecule has 2 heterocycles. The molecule has 14 heavy (non-hydrogen) atoms. The largest absolute Gasteiger partial charge is 0.337 e. The normalized spacial score (nSPS) is 21.6. The molecule has 1 atom stereocenters. The van der Waals surface area contributed by atoms with Crippen LogP contribution in [-0.4, -0.2) is 29.9 Å². The molecule has 0 unspecified atom stereocenters. The first-order valence-corrected chi connectivity index (χ1v) is 6.13. The van der Waals surface area contributed by atoms with E-state index < -0.39 is 0 Å². The lowest BCUT2D eigenvalue weighted by Crippen LogP contribution is -2.31. The number of carbonyl (C=O) groups excluding carboxylic acids is 1. The summed E-state index contributed by atoms with van der Waals surface area (Å²) in [4.78, 5) is 13.7. The van der Waals surface area contributed by atoms with Crippen molar-refractivity contribution >= 4 is 33.2 Å². The van der Waals surface area contributed by atoms with Gasteiger partial charge in [0.1, 0.15) is 0 Å². The molecule has 0 aliphatic carbocycles. The lowest BCUT2D eigenvalue weighted by molar-refractivity contribution is 0.0791. The molecule has 5 heteroatoms. The first-order valence-electron chi connectivity index (χ1n) is 4.45. The maximum absolute atomic E-state index is 11.9. The SMILES string of the molecule is N[C@@H]1CCN(C(=O)c2csc(Br)c2)C1. The van der Waals surface area contributed by atoms with Gasteiger partial charge < -0.3 is 10.6 Å². The molecule has 0 aromatic carbocycles. The lowest BCUT2D eigenvalue weighted by atomic mass is 10.3. The van der Waals surface area contributed by atoms with Crippen molar-refractivity contribution in [1.82, 2.24) is 4.90 Å². The summed E-state index contributed by atoms with van der Waals surface area (Å²) in [7, 11) is 0. The second-order valence-electron chi connectivity index (χ2n) is 3.44. The highest BCUT2D eigenvalue weighted by Gasteiger charge is 2.24. The summed E-state index contributed by atoms with van der Waals surface area (Å²) in [6, 6.07) is 2.01. The van der Waals surface area contributed by atoms with Gasteiger partial charge in [-0.25, -0.2) is 0 Å². The predicted molar refractivity (Wildman–Crippen MR) is 60.5 cm³/mol. The Bertz CT molecular complexity index is 352. The van der Waals surface area contributed by atoms with Crippen LogP contribution in [0.5, 0.6) is 0 Å². The van der Waals surface area contributed by atoms with Crippen LogP contribution in [0.2, 0.25) is 0 Å². The zero-order chi connectivity index (χ0) is 10.1. The third-order valence-corrected chi connectivity index (χ3v) is 3.83. The third kappa shape index (κ3) is 1.99. The van der Waals surface area contributed by atoms with E-state index in [0.29, 0.717) is 6.54 Å². The molecule has 0 bridgehead atoms. The summed E-state index contributed by atoms with van der Waals surface area (Å²) in [5.41, 5.74) is 6.51. The molecule has 1 aliphatic heterocycles. The van der Waals surface area contributed by atoms with Gasteiger partial charge in [0, 0.05) is 24.5 Å². The van der Waals surface area contributed by atoms with Crippen LogP contribution in [0.4, 0.5) is 0 Å². The van der Waals surface area contributed by atoms with Crippen molar-refractivity contribution in [2.45, 2.75) is 12.5 Å². The average Bonchev–Trinajstić information content (AvgIpc) is 2.73. The van der Waals surface area contributed by atoms with Gasteiger partial charge in [0.15, 0.2) is 0 Å². The van der Waals surface area contributed by atoms with Crippen molar-refractivity contribution in [2.24, 2.45) is 5.73 Å². The lowest BCUT2D eigenvalue weighted by Gasteiger charge is -2.14. The van der Waals surface area contributed by atoms with Crippen LogP contribution in [0.15, 0.2) is 15.2 Å². The van der Waals surface area contributed by atoms with Gasteiger partial charge in [0.25, 0.3) is 5.91 Å². The van der Waals surface area contributed by atoms with Gasteiger partial charge in [-0.15, -0.1) is 11.3 Å². The number of rotatable bonds is 1. The smallest absolute Gasteiger partial charge is 0.254 e. The quantitative estimate of drug-likeness (QED) is 0.847. The summed E-state index contributed by atoms with van der Waals surface area (Å²) >= 11 is 4.87. The summed E-state index contributed by atoms with van der Waals surface area (Å²) in [5.74, 6) is 0.0971. The van der Waals surface area contributed by atoms with Crippen LogP contribution in [0.25, 0.3) is 0 Å². The number of likely N-dealkylation sites (tertiary alicyclic amines) is 1. The van der Waals surface area contributed by atoms with Crippen molar-refractivity contribution in [3.63, 3.8) is 0 Å². The average molecular weight is 275 g/mol. The van der Waals surface area contributed by atoms with E-state index in [2.05, 4.69) is 15.9 Å². The molecule has 1 amide bonds. The molecule has 1 saturated heterocycles. The molecule has 1 aromatic rings. The molecule has 0 radical (unpaired) electrons. The van der Waals surface area contributed by atoms with Crippen molar-refractivity contribution < 1.29 is 4.79 Å². The summed E-state index contributed by atoms with van der Waals surface area (Å²) in [6.07, 6.45) is 0.914. The summed E-state index contributed by atoms with van der Waals surface area (Å²) in [5, 5.41) is 1.87. The summed E-state index contributed by atoms with van der Waals surface area (Å²) < 4.78 is 0.990. The Morgan fingerprint density at radius 3 is 3.00 bits per heavy atom. The zero-order valence-corrected chi connectivity index (χ0v) is 9.97. The van der Waals surface area contributed by atoms with Gasteiger partial charge >= 0.3 is 0 Å². The number of amides is 1. The van der Waals surface area contributed by atoms with Crippen LogP contribution >= 0.6 is 27.3 Å². The van der Waals surface area contributed by atoms with Crippen LogP contribution in [0, 0.1) is 0 Å². The molecule has 1 fully saturated rings. The van der Waals surface area contributed by atoms with E-state index in [0.717, 1.165) is 22.3 Å². The Balaban J connectivity index is 2.09. The second-order valence-corrected chi connectivity index (χ2v) is 5.73. The predicted octanol–water partition coefficient (Wildman–Crippen LogP) is 1.68. The Hall–Kier alpha value is -0.390. The Morgan fingerprint density at radius 1 is 1.71 bits per heavy atom. The standard InChI is InChI=1S/C9H11BrN2OS/c10-8-3-6(5-14-8)9(13)12-2-1-7(11)4-12/h3,5,7H,1-2,4,11H2/t7-/m1/s1. The van der Waals surface area contributed by atoms with Gasteiger partial charge in [0.05, 0.1) is 9.35 Å². The van der Waals surface area contributed by atoms with Crippen molar-refractivity contribution in [2.75, 3.05) is 13.1 Å². The minimum Gasteiger partial charge on any atom is -0.337 e. The van der Waals surface area contributed by atoms with Gasteiger partial charge in [-0.05, 0) is 28.4 Å². The number of hydrogen-bond donors (Lipinski definition) is 1. The molecule has 0 saturated carbocycles. The van der Waals surface area contributed by atoms with E-state index in [1.165, 1.54) is 11.3 Å². The van der Waals surface area contributed by atoms with E-state index in [1.807, 2.05) is 16.3 Å². The molecule has 0 spiro atoms. The van der Waals surface area contributed by atoms with E-state index in [4.69, 9.17) is 5.73 Å². The van der Waals surface area contributed by atoms with Crippen LogP contribution in [0.1, 0.15) is 16.8 Å². The van der Waals surface area contributed by atoms with Crippen LogP contribution in [-0.2, 0) is 0 Å². The summed E-state index contributed by atoms with van der Waals surface area (Å²) in [6.45, 7) is 1.47.